The second-order valence-electron chi connectivity index (χ2n) is 5.82. The lowest BCUT2D eigenvalue weighted by molar-refractivity contribution is 0.302. The molecule has 0 aliphatic rings. The maximum absolute atomic E-state index is 5.59. The van der Waals surface area contributed by atoms with Gasteiger partial charge >= 0.3 is 0 Å². The van der Waals surface area contributed by atoms with E-state index in [1.54, 1.807) is 11.3 Å². The Labute approximate surface area is 171 Å². The van der Waals surface area contributed by atoms with Crippen molar-refractivity contribution in [3.8, 4) is 0 Å². The Morgan fingerprint density at radius 1 is 1.36 bits per heavy atom. The van der Waals surface area contributed by atoms with Gasteiger partial charge in [-0.2, -0.15) is 0 Å². The Balaban J connectivity index is 0.00000312. The molecule has 0 aromatic carbocycles. The molecule has 0 saturated carbocycles. The first-order chi connectivity index (χ1) is 11.5. The van der Waals surface area contributed by atoms with Crippen molar-refractivity contribution in [1.82, 2.24) is 20.5 Å². The first-order valence-corrected chi connectivity index (χ1v) is 9.04. The standard InChI is InChI=1S/C17H27N5OS.HI/c1-6-18-17(20-11-16-21-12(2)13(3)23-16)19-10-14(22(4)5)15-8-7-9-24-15;/h7-9,14H,6,10-11H2,1-5H3,(H2,18,19,20);1H. The highest BCUT2D eigenvalue weighted by Gasteiger charge is 2.15. The van der Waals surface area contributed by atoms with E-state index in [1.807, 2.05) is 13.8 Å². The molecule has 0 bridgehead atoms. The molecule has 8 heteroatoms. The van der Waals surface area contributed by atoms with Gasteiger partial charge in [-0.25, -0.2) is 9.98 Å². The van der Waals surface area contributed by atoms with Crippen molar-refractivity contribution in [3.05, 3.63) is 39.7 Å². The number of hydrogen-bond acceptors (Lipinski definition) is 5. The molecule has 1 atom stereocenters. The summed E-state index contributed by atoms with van der Waals surface area (Å²) in [5.41, 5.74) is 0.920. The van der Waals surface area contributed by atoms with Crippen LogP contribution in [-0.4, -0.2) is 43.0 Å². The minimum atomic E-state index is 0. The summed E-state index contributed by atoms with van der Waals surface area (Å²) in [6, 6.07) is 4.56. The van der Waals surface area contributed by atoms with Crippen LogP contribution in [0.1, 0.15) is 35.2 Å². The third kappa shape index (κ3) is 6.59. The Bertz CT molecular complexity index is 635. The van der Waals surface area contributed by atoms with Gasteiger partial charge in [0.25, 0.3) is 0 Å². The average molecular weight is 477 g/mol. The normalized spacial score (nSPS) is 12.8. The fourth-order valence-electron chi connectivity index (χ4n) is 2.31. The zero-order valence-corrected chi connectivity index (χ0v) is 18.6. The predicted molar refractivity (Wildman–Crippen MR) is 115 cm³/mol. The molecule has 0 spiro atoms. The number of rotatable bonds is 7. The topological polar surface area (TPSA) is 65.7 Å². The first-order valence-electron chi connectivity index (χ1n) is 8.16. The number of aryl methyl sites for hydroxylation is 2. The van der Waals surface area contributed by atoms with Gasteiger partial charge in [0.1, 0.15) is 12.3 Å². The number of hydrogen-bond donors (Lipinski definition) is 2. The molecule has 0 aliphatic carbocycles. The highest BCUT2D eigenvalue weighted by Crippen LogP contribution is 2.22. The first kappa shape index (κ1) is 21.9. The van der Waals surface area contributed by atoms with Gasteiger partial charge in [-0.05, 0) is 46.3 Å². The summed E-state index contributed by atoms with van der Waals surface area (Å²) >= 11 is 1.77. The quantitative estimate of drug-likeness (QED) is 0.364. The van der Waals surface area contributed by atoms with Crippen LogP contribution in [0.3, 0.4) is 0 Å². The van der Waals surface area contributed by atoms with Crippen LogP contribution in [0, 0.1) is 13.8 Å². The van der Waals surface area contributed by atoms with E-state index in [0.29, 0.717) is 18.5 Å². The van der Waals surface area contributed by atoms with Gasteiger partial charge in [0.15, 0.2) is 5.96 Å². The number of aromatic nitrogens is 1. The summed E-state index contributed by atoms with van der Waals surface area (Å²) in [6.45, 7) is 7.93. The summed E-state index contributed by atoms with van der Waals surface area (Å²) in [5.74, 6) is 2.27. The highest BCUT2D eigenvalue weighted by atomic mass is 127. The van der Waals surface area contributed by atoms with E-state index >= 15 is 0 Å². The minimum absolute atomic E-state index is 0. The maximum Gasteiger partial charge on any atom is 0.216 e. The fourth-order valence-corrected chi connectivity index (χ4v) is 3.23. The molecule has 0 saturated heterocycles. The van der Waals surface area contributed by atoms with Crippen LogP contribution in [-0.2, 0) is 6.54 Å². The molecule has 2 aromatic heterocycles. The summed E-state index contributed by atoms with van der Waals surface area (Å²) in [4.78, 5) is 12.5. The van der Waals surface area contributed by atoms with Crippen LogP contribution < -0.4 is 10.6 Å². The number of guanidine groups is 1. The van der Waals surface area contributed by atoms with Crippen LogP contribution in [0.2, 0.25) is 0 Å². The van der Waals surface area contributed by atoms with Crippen molar-refractivity contribution in [2.24, 2.45) is 4.99 Å². The third-order valence-corrected chi connectivity index (χ3v) is 4.72. The van der Waals surface area contributed by atoms with Gasteiger partial charge in [-0.15, -0.1) is 35.3 Å². The Morgan fingerprint density at radius 3 is 2.64 bits per heavy atom. The number of oxazole rings is 1. The fraction of sp³-hybridized carbons (Fsp3) is 0.529. The van der Waals surface area contributed by atoms with Crippen molar-refractivity contribution < 1.29 is 4.42 Å². The third-order valence-electron chi connectivity index (χ3n) is 3.75. The van der Waals surface area contributed by atoms with Crippen molar-refractivity contribution in [2.75, 3.05) is 27.2 Å². The number of halogens is 1. The molecule has 2 rings (SSSR count). The van der Waals surface area contributed by atoms with E-state index in [2.05, 4.69) is 64.0 Å². The molecule has 6 nitrogen and oxygen atoms in total. The number of nitrogens with one attached hydrogen (secondary N) is 2. The SMILES string of the molecule is CCNC(=NCc1nc(C)c(C)o1)NCC(c1cccs1)N(C)C.I. The molecule has 140 valence electrons. The number of likely N-dealkylation sites (N-methyl/N-ethyl adjacent to an activating group) is 1. The smallest absolute Gasteiger partial charge is 0.216 e. The molecule has 1 unspecified atom stereocenters. The zero-order valence-electron chi connectivity index (χ0n) is 15.5. The zero-order chi connectivity index (χ0) is 17.5. The van der Waals surface area contributed by atoms with E-state index < -0.39 is 0 Å². The van der Waals surface area contributed by atoms with E-state index in [0.717, 1.165) is 30.5 Å². The highest BCUT2D eigenvalue weighted by molar-refractivity contribution is 14.0. The van der Waals surface area contributed by atoms with Crippen LogP contribution in [0.4, 0.5) is 0 Å². The molecule has 25 heavy (non-hydrogen) atoms. The van der Waals surface area contributed by atoms with Gasteiger partial charge < -0.3 is 20.0 Å². The minimum Gasteiger partial charge on any atom is -0.444 e. The van der Waals surface area contributed by atoms with Crippen LogP contribution in [0.5, 0.6) is 0 Å². The van der Waals surface area contributed by atoms with Gasteiger partial charge in [-0.3, -0.25) is 0 Å². The summed E-state index contributed by atoms with van der Waals surface area (Å²) in [5, 5.41) is 8.79. The molecular weight excluding hydrogens is 449 g/mol. The lowest BCUT2D eigenvalue weighted by atomic mass is 10.2. The van der Waals surface area contributed by atoms with Crippen molar-refractivity contribution in [3.63, 3.8) is 0 Å². The molecule has 0 fully saturated rings. The van der Waals surface area contributed by atoms with Gasteiger partial charge in [0.05, 0.1) is 11.7 Å². The monoisotopic (exact) mass is 477 g/mol. The van der Waals surface area contributed by atoms with Gasteiger partial charge in [0, 0.05) is 18.0 Å². The van der Waals surface area contributed by atoms with Crippen LogP contribution in [0.25, 0.3) is 0 Å². The summed E-state index contributed by atoms with van der Waals surface area (Å²) in [7, 11) is 4.18. The maximum atomic E-state index is 5.59. The average Bonchev–Trinajstić information content (AvgIpc) is 3.15. The Kier molecular flexibility index (Phi) is 9.44. The number of thiophene rings is 1. The van der Waals surface area contributed by atoms with E-state index in [4.69, 9.17) is 4.42 Å². The Hall–Kier alpha value is -1.13. The molecule has 0 radical (unpaired) electrons. The second kappa shape index (κ2) is 10.8. The van der Waals surface area contributed by atoms with Crippen molar-refractivity contribution in [2.45, 2.75) is 33.4 Å². The molecular formula is C17H28IN5OS. The molecule has 0 aliphatic heterocycles. The lowest BCUT2D eigenvalue weighted by Crippen LogP contribution is -2.41. The Morgan fingerprint density at radius 2 is 2.12 bits per heavy atom. The van der Waals surface area contributed by atoms with E-state index in [-0.39, 0.29) is 24.0 Å². The van der Waals surface area contributed by atoms with Crippen molar-refractivity contribution in [1.29, 1.82) is 0 Å². The molecule has 2 N–H and O–H groups in total. The van der Waals surface area contributed by atoms with Crippen molar-refractivity contribution >= 4 is 41.3 Å². The lowest BCUT2D eigenvalue weighted by Gasteiger charge is -2.24. The van der Waals surface area contributed by atoms with Crippen LogP contribution >= 0.6 is 35.3 Å². The van der Waals surface area contributed by atoms with Crippen LogP contribution in [0.15, 0.2) is 26.9 Å². The number of aliphatic imine (C=N–C) groups is 1. The van der Waals surface area contributed by atoms with Gasteiger partial charge in [-0.1, -0.05) is 6.07 Å². The predicted octanol–water partition coefficient (Wildman–Crippen LogP) is 3.33. The molecule has 0 amide bonds. The molecule has 2 aromatic rings. The molecule has 2 heterocycles. The van der Waals surface area contributed by atoms with E-state index in [1.165, 1.54) is 4.88 Å². The summed E-state index contributed by atoms with van der Waals surface area (Å²) < 4.78 is 5.59. The second-order valence-corrected chi connectivity index (χ2v) is 6.80. The largest absolute Gasteiger partial charge is 0.444 e. The number of nitrogens with zero attached hydrogens (tertiary/aromatic N) is 3. The van der Waals surface area contributed by atoms with E-state index in [9.17, 15) is 0 Å². The summed E-state index contributed by atoms with van der Waals surface area (Å²) in [6.07, 6.45) is 0. The van der Waals surface area contributed by atoms with Gasteiger partial charge in [0.2, 0.25) is 5.89 Å².